The second kappa shape index (κ2) is 5.65. The van der Waals surface area contributed by atoms with Crippen molar-refractivity contribution in [2.24, 2.45) is 5.92 Å². The van der Waals surface area contributed by atoms with E-state index in [1.54, 1.807) is 0 Å². The minimum absolute atomic E-state index is 0.317. The van der Waals surface area contributed by atoms with Crippen molar-refractivity contribution in [3.05, 3.63) is 18.0 Å². The van der Waals surface area contributed by atoms with Gasteiger partial charge in [0.25, 0.3) is 0 Å². The van der Waals surface area contributed by atoms with Crippen LogP contribution < -0.4 is 0 Å². The number of aliphatic hydroxyl groups is 1. The summed E-state index contributed by atoms with van der Waals surface area (Å²) in [5.74, 6) is 0.464. The Morgan fingerprint density at radius 3 is 3.06 bits per heavy atom. The molecule has 0 aliphatic carbocycles. The zero-order valence-electron chi connectivity index (χ0n) is 10.8. The largest absolute Gasteiger partial charge is 0.396 e. The Morgan fingerprint density at radius 1 is 1.59 bits per heavy atom. The molecule has 0 bridgehead atoms. The molecule has 0 aromatic carbocycles. The smallest absolute Gasteiger partial charge is 0.0764 e. The highest BCUT2D eigenvalue weighted by atomic mass is 16.3. The summed E-state index contributed by atoms with van der Waals surface area (Å²) in [6.07, 6.45) is 4.29. The van der Waals surface area contributed by atoms with Crippen molar-refractivity contribution in [1.82, 2.24) is 14.7 Å². The van der Waals surface area contributed by atoms with Crippen LogP contribution in [0.4, 0.5) is 0 Å². The van der Waals surface area contributed by atoms with Crippen LogP contribution in [0.15, 0.2) is 12.3 Å². The second-order valence-electron chi connectivity index (χ2n) is 5.12. The molecule has 2 atom stereocenters. The predicted octanol–water partition coefficient (Wildman–Crippen LogP) is 1.67. The predicted molar refractivity (Wildman–Crippen MR) is 67.7 cm³/mol. The summed E-state index contributed by atoms with van der Waals surface area (Å²) in [5, 5.41) is 13.7. The fourth-order valence-corrected chi connectivity index (χ4v) is 2.33. The van der Waals surface area contributed by atoms with Crippen molar-refractivity contribution < 1.29 is 5.11 Å². The van der Waals surface area contributed by atoms with Gasteiger partial charge in [-0.1, -0.05) is 6.92 Å². The maximum absolute atomic E-state index is 9.11. The lowest BCUT2D eigenvalue weighted by molar-refractivity contribution is 0.219. The maximum Gasteiger partial charge on any atom is 0.0764 e. The van der Waals surface area contributed by atoms with Gasteiger partial charge in [-0.25, -0.2) is 0 Å². The maximum atomic E-state index is 9.11. The van der Waals surface area contributed by atoms with E-state index in [0.29, 0.717) is 18.6 Å². The summed E-state index contributed by atoms with van der Waals surface area (Å²) in [6.45, 7) is 7.69. The van der Waals surface area contributed by atoms with Crippen LogP contribution in [0.2, 0.25) is 0 Å². The summed E-state index contributed by atoms with van der Waals surface area (Å²) >= 11 is 0. The van der Waals surface area contributed by atoms with Gasteiger partial charge < -0.3 is 5.11 Å². The Kier molecular flexibility index (Phi) is 4.18. The van der Waals surface area contributed by atoms with Crippen molar-refractivity contribution in [2.75, 3.05) is 19.7 Å². The van der Waals surface area contributed by atoms with Gasteiger partial charge in [-0.3, -0.25) is 9.58 Å². The zero-order chi connectivity index (χ0) is 12.3. The summed E-state index contributed by atoms with van der Waals surface area (Å²) in [5.41, 5.74) is 1.14. The molecule has 0 amide bonds. The van der Waals surface area contributed by atoms with E-state index in [1.165, 1.54) is 0 Å². The van der Waals surface area contributed by atoms with Crippen molar-refractivity contribution in [1.29, 1.82) is 0 Å². The topological polar surface area (TPSA) is 41.3 Å². The van der Waals surface area contributed by atoms with Crippen LogP contribution in [-0.4, -0.2) is 39.5 Å². The molecule has 4 nitrogen and oxygen atoms in total. The number of hydrogen-bond acceptors (Lipinski definition) is 3. The van der Waals surface area contributed by atoms with Gasteiger partial charge >= 0.3 is 0 Å². The highest BCUT2D eigenvalue weighted by molar-refractivity contribution is 5.00. The molecule has 1 aliphatic heterocycles. The summed E-state index contributed by atoms with van der Waals surface area (Å²) in [7, 11) is 0. The minimum atomic E-state index is 0.317. The van der Waals surface area contributed by atoms with E-state index in [2.05, 4.69) is 40.8 Å². The van der Waals surface area contributed by atoms with Gasteiger partial charge in [-0.05, 0) is 38.3 Å². The fraction of sp³-hybridized carbons (Fsp3) is 0.769. The molecule has 4 heteroatoms. The average molecular weight is 237 g/mol. The molecule has 17 heavy (non-hydrogen) atoms. The van der Waals surface area contributed by atoms with E-state index >= 15 is 0 Å². The molecule has 2 unspecified atom stereocenters. The highest BCUT2D eigenvalue weighted by Crippen LogP contribution is 2.18. The first-order valence-electron chi connectivity index (χ1n) is 6.60. The van der Waals surface area contributed by atoms with Crippen LogP contribution >= 0.6 is 0 Å². The van der Waals surface area contributed by atoms with E-state index in [-0.39, 0.29) is 0 Å². The van der Waals surface area contributed by atoms with E-state index in [9.17, 15) is 0 Å². The SMILES string of the molecule is CCC(C)n1ccc(CN2CCC(CO)C2)n1. The fourth-order valence-electron chi connectivity index (χ4n) is 2.33. The van der Waals surface area contributed by atoms with Crippen LogP contribution in [0.5, 0.6) is 0 Å². The lowest BCUT2D eigenvalue weighted by atomic mass is 10.1. The molecule has 1 saturated heterocycles. The van der Waals surface area contributed by atoms with E-state index < -0.39 is 0 Å². The van der Waals surface area contributed by atoms with Gasteiger partial charge in [0.05, 0.1) is 5.69 Å². The van der Waals surface area contributed by atoms with Crippen molar-refractivity contribution in [3.8, 4) is 0 Å². The number of rotatable bonds is 5. The van der Waals surface area contributed by atoms with Crippen LogP contribution in [0.3, 0.4) is 0 Å². The molecular weight excluding hydrogens is 214 g/mol. The minimum Gasteiger partial charge on any atom is -0.396 e. The highest BCUT2D eigenvalue weighted by Gasteiger charge is 2.22. The van der Waals surface area contributed by atoms with Gasteiger partial charge in [-0.15, -0.1) is 0 Å². The van der Waals surface area contributed by atoms with Crippen molar-refractivity contribution in [3.63, 3.8) is 0 Å². The first-order chi connectivity index (χ1) is 8.22. The molecular formula is C13H23N3O. The number of likely N-dealkylation sites (tertiary alicyclic amines) is 1. The monoisotopic (exact) mass is 237 g/mol. The normalized spacial score (nSPS) is 23.1. The molecule has 1 aromatic heterocycles. The van der Waals surface area contributed by atoms with Gasteiger partial charge in [0, 0.05) is 31.9 Å². The molecule has 1 aliphatic rings. The third-order valence-corrected chi connectivity index (χ3v) is 3.72. The quantitative estimate of drug-likeness (QED) is 0.847. The Balaban J connectivity index is 1.89. The third kappa shape index (κ3) is 3.07. The van der Waals surface area contributed by atoms with Gasteiger partial charge in [-0.2, -0.15) is 5.10 Å². The Labute approximate surface area is 103 Å². The van der Waals surface area contributed by atoms with Crippen LogP contribution in [0.25, 0.3) is 0 Å². The van der Waals surface area contributed by atoms with Crippen LogP contribution in [0, 0.1) is 5.92 Å². The summed E-state index contributed by atoms with van der Waals surface area (Å²) < 4.78 is 2.05. The van der Waals surface area contributed by atoms with Gasteiger partial charge in [0.15, 0.2) is 0 Å². The Bertz CT molecular complexity index is 350. The number of hydrogen-bond donors (Lipinski definition) is 1. The zero-order valence-corrected chi connectivity index (χ0v) is 10.8. The van der Waals surface area contributed by atoms with E-state index in [4.69, 9.17) is 5.11 Å². The summed E-state index contributed by atoms with van der Waals surface area (Å²) in [6, 6.07) is 2.59. The summed E-state index contributed by atoms with van der Waals surface area (Å²) in [4.78, 5) is 2.38. The van der Waals surface area contributed by atoms with Crippen LogP contribution in [0.1, 0.15) is 38.4 Å². The molecule has 1 fully saturated rings. The lowest BCUT2D eigenvalue weighted by Gasteiger charge is -2.14. The van der Waals surface area contributed by atoms with Gasteiger partial charge in [0.2, 0.25) is 0 Å². The van der Waals surface area contributed by atoms with E-state index in [1.807, 2.05) is 0 Å². The molecule has 1 aromatic rings. The second-order valence-corrected chi connectivity index (χ2v) is 5.12. The Morgan fingerprint density at radius 2 is 2.41 bits per heavy atom. The average Bonchev–Trinajstić information content (AvgIpc) is 2.97. The third-order valence-electron chi connectivity index (χ3n) is 3.72. The van der Waals surface area contributed by atoms with E-state index in [0.717, 1.165) is 38.2 Å². The number of aliphatic hydroxyl groups excluding tert-OH is 1. The van der Waals surface area contributed by atoms with Crippen molar-refractivity contribution in [2.45, 2.75) is 39.3 Å². The standard InChI is InChI=1S/C13H23N3O/c1-3-11(2)16-7-5-13(14-16)9-15-6-4-12(8-15)10-17/h5,7,11-12,17H,3-4,6,8-10H2,1-2H3. The van der Waals surface area contributed by atoms with Crippen LogP contribution in [-0.2, 0) is 6.54 Å². The molecule has 0 radical (unpaired) electrons. The number of aromatic nitrogens is 2. The molecule has 2 heterocycles. The molecule has 1 N–H and O–H groups in total. The first kappa shape index (κ1) is 12.6. The molecule has 0 spiro atoms. The molecule has 2 rings (SSSR count). The van der Waals surface area contributed by atoms with Gasteiger partial charge in [0.1, 0.15) is 0 Å². The lowest BCUT2D eigenvalue weighted by Crippen LogP contribution is -2.21. The van der Waals surface area contributed by atoms with Crippen molar-refractivity contribution >= 4 is 0 Å². The number of nitrogens with zero attached hydrogens (tertiary/aromatic N) is 3. The molecule has 96 valence electrons. The molecule has 0 saturated carbocycles. The Hall–Kier alpha value is -0.870. The first-order valence-corrected chi connectivity index (χ1v) is 6.60.